The average Bonchev–Trinajstić information content (AvgIpc) is 3.30. The fourth-order valence-corrected chi connectivity index (χ4v) is 4.16. The van der Waals surface area contributed by atoms with E-state index in [-0.39, 0.29) is 12.2 Å². The third-order valence-corrected chi connectivity index (χ3v) is 5.53. The van der Waals surface area contributed by atoms with Crippen molar-refractivity contribution < 1.29 is 18.0 Å². The van der Waals surface area contributed by atoms with Crippen molar-refractivity contribution in [1.29, 1.82) is 0 Å². The Morgan fingerprint density at radius 2 is 2.23 bits per heavy atom. The zero-order valence-corrected chi connectivity index (χ0v) is 14.8. The van der Waals surface area contributed by atoms with Crippen molar-refractivity contribution in [3.05, 3.63) is 47.5 Å². The molecular formula is C17H19F3N4OS. The molecule has 0 aromatic carbocycles. The van der Waals surface area contributed by atoms with Gasteiger partial charge in [0.25, 0.3) is 5.91 Å². The maximum atomic E-state index is 12.8. The molecular weight excluding hydrogens is 365 g/mol. The topological polar surface area (TPSA) is 61.9 Å². The number of nitrogens with one attached hydrogen (secondary N) is 1. The minimum Gasteiger partial charge on any atom is -0.331 e. The first-order valence-electron chi connectivity index (χ1n) is 8.33. The lowest BCUT2D eigenvalue weighted by molar-refractivity contribution is -0.141. The molecule has 1 N–H and O–H groups in total. The maximum Gasteiger partial charge on any atom is 0.432 e. The number of thioether (sulfide) groups is 1. The Kier molecular flexibility index (Phi) is 5.85. The van der Waals surface area contributed by atoms with Crippen molar-refractivity contribution >= 4 is 17.7 Å². The average molecular weight is 384 g/mol. The van der Waals surface area contributed by atoms with E-state index in [1.165, 1.54) is 4.90 Å². The highest BCUT2D eigenvalue weighted by molar-refractivity contribution is 7.99. The molecule has 1 saturated heterocycles. The van der Waals surface area contributed by atoms with Gasteiger partial charge in [-0.05, 0) is 42.4 Å². The van der Waals surface area contributed by atoms with E-state index in [0.29, 0.717) is 18.2 Å². The zero-order valence-electron chi connectivity index (χ0n) is 14.0. The molecule has 0 saturated carbocycles. The molecule has 2 aromatic rings. The fraction of sp³-hybridized carbons (Fsp3) is 0.471. The van der Waals surface area contributed by atoms with Crippen LogP contribution in [0.15, 0.2) is 30.5 Å². The molecule has 2 aromatic heterocycles. The number of halogens is 3. The molecule has 0 aliphatic carbocycles. The Morgan fingerprint density at radius 3 is 2.85 bits per heavy atom. The van der Waals surface area contributed by atoms with Gasteiger partial charge >= 0.3 is 6.18 Å². The molecule has 140 valence electrons. The lowest BCUT2D eigenvalue weighted by Crippen LogP contribution is -2.33. The molecule has 1 atom stereocenters. The number of H-pyrrole nitrogens is 1. The van der Waals surface area contributed by atoms with Gasteiger partial charge in [-0.1, -0.05) is 6.07 Å². The first-order chi connectivity index (χ1) is 12.4. The molecule has 1 amide bonds. The predicted molar refractivity (Wildman–Crippen MR) is 92.6 cm³/mol. The second kappa shape index (κ2) is 8.11. The van der Waals surface area contributed by atoms with Crippen LogP contribution in [0.1, 0.15) is 34.7 Å². The number of aromatic nitrogens is 3. The second-order valence-electron chi connectivity index (χ2n) is 6.23. The number of alkyl halides is 3. The van der Waals surface area contributed by atoms with Crippen LogP contribution < -0.4 is 0 Å². The number of hydrogen-bond donors (Lipinski definition) is 1. The van der Waals surface area contributed by atoms with E-state index >= 15 is 0 Å². The number of carbonyl (C=O) groups is 1. The van der Waals surface area contributed by atoms with Gasteiger partial charge in [0, 0.05) is 18.8 Å². The normalized spacial score (nSPS) is 17.4. The Bertz CT molecular complexity index is 729. The highest BCUT2D eigenvalue weighted by Crippen LogP contribution is 2.29. The molecule has 1 fully saturated rings. The monoisotopic (exact) mass is 384 g/mol. The van der Waals surface area contributed by atoms with Crippen molar-refractivity contribution in [2.45, 2.75) is 25.6 Å². The summed E-state index contributed by atoms with van der Waals surface area (Å²) in [6.45, 7) is 0.711. The molecule has 3 rings (SSSR count). The summed E-state index contributed by atoms with van der Waals surface area (Å²) in [7, 11) is 0. The van der Waals surface area contributed by atoms with Crippen LogP contribution in [0.25, 0.3) is 0 Å². The van der Waals surface area contributed by atoms with Gasteiger partial charge in [0.2, 0.25) is 0 Å². The standard InChI is InChI=1S/C17H19F3N4OS/c18-17(19,20)15-9-14(22-23-15)16(25)24(7-4-12-5-8-26-11-12)10-13-3-1-2-6-21-13/h1-3,6,9,12H,4-5,7-8,10-11H2,(H,22,23). The summed E-state index contributed by atoms with van der Waals surface area (Å²) in [5.74, 6) is 2.19. The van der Waals surface area contributed by atoms with Crippen LogP contribution in [0.5, 0.6) is 0 Å². The van der Waals surface area contributed by atoms with Gasteiger partial charge in [0.15, 0.2) is 5.69 Å². The Morgan fingerprint density at radius 1 is 1.38 bits per heavy atom. The quantitative estimate of drug-likeness (QED) is 0.827. The number of pyridine rings is 1. The Hall–Kier alpha value is -2.03. The van der Waals surface area contributed by atoms with Gasteiger partial charge in [-0.3, -0.25) is 14.9 Å². The molecule has 26 heavy (non-hydrogen) atoms. The molecule has 5 nitrogen and oxygen atoms in total. The molecule has 1 aliphatic heterocycles. The van der Waals surface area contributed by atoms with E-state index in [2.05, 4.69) is 10.1 Å². The number of amides is 1. The molecule has 9 heteroatoms. The zero-order chi connectivity index (χ0) is 18.6. The molecule has 0 radical (unpaired) electrons. The highest BCUT2D eigenvalue weighted by atomic mass is 32.2. The second-order valence-corrected chi connectivity index (χ2v) is 7.38. The molecule has 1 aliphatic rings. The number of aromatic amines is 1. The number of hydrogen-bond acceptors (Lipinski definition) is 4. The third kappa shape index (κ3) is 4.78. The third-order valence-electron chi connectivity index (χ3n) is 4.30. The van der Waals surface area contributed by atoms with Crippen molar-refractivity contribution in [3.8, 4) is 0 Å². The van der Waals surface area contributed by atoms with Gasteiger partial charge in [-0.15, -0.1) is 0 Å². The van der Waals surface area contributed by atoms with Crippen LogP contribution in [0.3, 0.4) is 0 Å². The smallest absolute Gasteiger partial charge is 0.331 e. The number of carbonyl (C=O) groups excluding carboxylic acids is 1. The molecule has 0 bridgehead atoms. The lowest BCUT2D eigenvalue weighted by atomic mass is 10.0. The molecule has 3 heterocycles. The van der Waals surface area contributed by atoms with E-state index in [1.54, 1.807) is 18.3 Å². The maximum absolute atomic E-state index is 12.8. The first-order valence-corrected chi connectivity index (χ1v) is 9.48. The van der Waals surface area contributed by atoms with Crippen LogP contribution in [0.4, 0.5) is 13.2 Å². The van der Waals surface area contributed by atoms with Crippen molar-refractivity contribution in [1.82, 2.24) is 20.1 Å². The number of nitrogens with zero attached hydrogens (tertiary/aromatic N) is 3. The Labute approximate surface area is 153 Å². The van der Waals surface area contributed by atoms with Crippen molar-refractivity contribution in [2.24, 2.45) is 5.92 Å². The largest absolute Gasteiger partial charge is 0.432 e. The summed E-state index contributed by atoms with van der Waals surface area (Å²) in [5, 5.41) is 5.47. The van der Waals surface area contributed by atoms with Gasteiger partial charge < -0.3 is 4.90 Å². The van der Waals surface area contributed by atoms with Gasteiger partial charge in [0.05, 0.1) is 12.2 Å². The van der Waals surface area contributed by atoms with Crippen molar-refractivity contribution in [2.75, 3.05) is 18.1 Å². The van der Waals surface area contributed by atoms with Crippen LogP contribution in [-0.4, -0.2) is 44.0 Å². The van der Waals surface area contributed by atoms with Crippen LogP contribution in [-0.2, 0) is 12.7 Å². The van der Waals surface area contributed by atoms with E-state index < -0.39 is 17.8 Å². The summed E-state index contributed by atoms with van der Waals surface area (Å²) < 4.78 is 38.3. The van der Waals surface area contributed by atoms with Gasteiger partial charge in [-0.2, -0.15) is 30.0 Å². The summed E-state index contributed by atoms with van der Waals surface area (Å²) in [5.41, 5.74) is -0.562. The highest BCUT2D eigenvalue weighted by Gasteiger charge is 2.34. The van der Waals surface area contributed by atoms with Crippen molar-refractivity contribution in [3.63, 3.8) is 0 Å². The van der Waals surface area contributed by atoms with Gasteiger partial charge in [0.1, 0.15) is 5.69 Å². The summed E-state index contributed by atoms with van der Waals surface area (Å²) in [6, 6.07) is 6.14. The van der Waals surface area contributed by atoms with E-state index in [1.807, 2.05) is 22.9 Å². The minimum absolute atomic E-state index is 0.228. The Balaban J connectivity index is 1.74. The number of rotatable bonds is 6. The SMILES string of the molecule is O=C(c1cc(C(F)(F)F)[nH]n1)N(CCC1CCSC1)Cc1ccccn1. The van der Waals surface area contributed by atoms with Crippen LogP contribution >= 0.6 is 11.8 Å². The first kappa shape index (κ1) is 18.8. The van der Waals surface area contributed by atoms with Crippen LogP contribution in [0.2, 0.25) is 0 Å². The predicted octanol–water partition coefficient (Wildman–Crippen LogP) is 3.61. The lowest BCUT2D eigenvalue weighted by Gasteiger charge is -2.23. The summed E-state index contributed by atoms with van der Waals surface area (Å²) in [6.07, 6.45) is -1.00. The van der Waals surface area contributed by atoms with E-state index in [0.717, 1.165) is 30.4 Å². The van der Waals surface area contributed by atoms with E-state index in [9.17, 15) is 18.0 Å². The summed E-state index contributed by atoms with van der Waals surface area (Å²) in [4.78, 5) is 18.5. The molecule has 1 unspecified atom stereocenters. The van der Waals surface area contributed by atoms with Gasteiger partial charge in [-0.25, -0.2) is 0 Å². The minimum atomic E-state index is -4.56. The van der Waals surface area contributed by atoms with Crippen LogP contribution in [0, 0.1) is 5.92 Å². The fourth-order valence-electron chi connectivity index (χ4n) is 2.83. The summed E-state index contributed by atoms with van der Waals surface area (Å²) >= 11 is 1.89. The van der Waals surface area contributed by atoms with E-state index in [4.69, 9.17) is 0 Å². The molecule has 0 spiro atoms.